The van der Waals surface area contributed by atoms with Crippen LogP contribution < -0.4 is 15.1 Å². The summed E-state index contributed by atoms with van der Waals surface area (Å²) >= 11 is 0. The minimum atomic E-state index is -5.23. The highest BCUT2D eigenvalue weighted by molar-refractivity contribution is 7.91. The van der Waals surface area contributed by atoms with E-state index in [2.05, 4.69) is 15.5 Å². The van der Waals surface area contributed by atoms with Crippen molar-refractivity contribution in [1.29, 1.82) is 0 Å². The number of anilines is 3. The Morgan fingerprint density at radius 2 is 1.69 bits per heavy atom. The van der Waals surface area contributed by atoms with E-state index in [4.69, 9.17) is 4.74 Å². The molecule has 0 bridgehead atoms. The van der Waals surface area contributed by atoms with Crippen LogP contribution in [0.5, 0.6) is 0 Å². The highest BCUT2D eigenvalue weighted by Gasteiger charge is 2.46. The van der Waals surface area contributed by atoms with Crippen molar-refractivity contribution >= 4 is 49.7 Å². The number of hydrogen-bond donors (Lipinski definition) is 2. The monoisotopic (exact) mass is 704 g/mol. The lowest BCUT2D eigenvalue weighted by atomic mass is 10.0. The maximum atomic E-state index is 14.1. The average molecular weight is 705 g/mol. The van der Waals surface area contributed by atoms with Gasteiger partial charge >= 0.3 is 12.1 Å². The Morgan fingerprint density at radius 1 is 0.980 bits per heavy atom. The normalized spacial score (nSPS) is 14.3. The van der Waals surface area contributed by atoms with E-state index in [0.29, 0.717) is 22.6 Å². The predicted molar refractivity (Wildman–Crippen MR) is 176 cm³/mol. The van der Waals surface area contributed by atoms with Gasteiger partial charge in [0.15, 0.2) is 5.82 Å². The molecule has 0 saturated carbocycles. The van der Waals surface area contributed by atoms with Gasteiger partial charge in [-0.25, -0.2) is 12.8 Å². The second kappa shape index (κ2) is 14.5. The van der Waals surface area contributed by atoms with Gasteiger partial charge in [0.05, 0.1) is 26.6 Å². The van der Waals surface area contributed by atoms with Crippen molar-refractivity contribution < 1.29 is 40.3 Å². The van der Waals surface area contributed by atoms with Crippen LogP contribution in [-0.4, -0.2) is 95.0 Å². The predicted octanol–water partition coefficient (Wildman–Crippen LogP) is 5.25. The van der Waals surface area contributed by atoms with Gasteiger partial charge in [-0.15, -0.1) is 0 Å². The van der Waals surface area contributed by atoms with Crippen molar-refractivity contribution in [2.75, 3.05) is 62.6 Å². The summed E-state index contributed by atoms with van der Waals surface area (Å²) in [5.41, 5.74) is 0.376. The summed E-state index contributed by atoms with van der Waals surface area (Å²) in [4.78, 5) is 30.9. The van der Waals surface area contributed by atoms with Gasteiger partial charge in [0.1, 0.15) is 5.82 Å². The fourth-order valence-electron chi connectivity index (χ4n) is 5.65. The summed E-state index contributed by atoms with van der Waals surface area (Å²) in [6.07, 6.45) is -4.24. The Hall–Kier alpha value is -4.54. The second-order valence-electron chi connectivity index (χ2n) is 12.0. The highest BCUT2D eigenvalue weighted by atomic mass is 32.2. The maximum absolute atomic E-state index is 14.1. The Balaban J connectivity index is 1.55. The number of aromatic amines is 1. The molecule has 11 nitrogen and oxygen atoms in total. The van der Waals surface area contributed by atoms with E-state index in [1.54, 1.807) is 13.1 Å². The van der Waals surface area contributed by atoms with Crippen LogP contribution in [0.3, 0.4) is 0 Å². The summed E-state index contributed by atoms with van der Waals surface area (Å²) in [5.74, 6) is -3.83. The molecule has 2 heterocycles. The molecule has 0 aliphatic carbocycles. The van der Waals surface area contributed by atoms with Gasteiger partial charge in [-0.05, 0) is 94.5 Å². The number of aromatic nitrogens is 2. The number of carbonyl (C=O) groups is 2. The number of benzene rings is 3. The number of halogens is 4. The molecule has 3 aromatic carbocycles. The van der Waals surface area contributed by atoms with Crippen LogP contribution in [0.1, 0.15) is 29.6 Å². The molecule has 1 aromatic heterocycles. The van der Waals surface area contributed by atoms with Crippen molar-refractivity contribution in [3.8, 4) is 0 Å². The van der Waals surface area contributed by atoms with Gasteiger partial charge in [-0.3, -0.25) is 14.7 Å². The lowest BCUT2D eigenvalue weighted by Gasteiger charge is -2.36. The van der Waals surface area contributed by atoms with E-state index in [9.17, 15) is 35.6 Å². The number of H-pyrrole nitrogens is 1. The van der Waals surface area contributed by atoms with Gasteiger partial charge in [-0.1, -0.05) is 6.07 Å². The van der Waals surface area contributed by atoms with Gasteiger partial charge < -0.3 is 24.8 Å². The lowest BCUT2D eigenvalue weighted by molar-refractivity contribution is -0.171. The SMILES string of the molecule is CN(C)CCCN(C)c1ccc(C(=O)Nc2n[nH]c3ccc(S(=O)(=O)c4cccc(F)c4)cc23)c(N(C(=O)C(F)(F)F)C2CCOCC2)c1. The molecule has 0 radical (unpaired) electrons. The number of fused-ring (bicyclic) bond motifs is 1. The van der Waals surface area contributed by atoms with E-state index in [1.165, 1.54) is 42.5 Å². The molecule has 16 heteroatoms. The minimum absolute atomic E-state index is 0.105. The van der Waals surface area contributed by atoms with E-state index in [0.717, 1.165) is 25.1 Å². The Labute approximate surface area is 280 Å². The van der Waals surface area contributed by atoms with Crippen molar-refractivity contribution in [1.82, 2.24) is 15.1 Å². The molecule has 0 unspecified atom stereocenters. The van der Waals surface area contributed by atoms with E-state index in [1.807, 2.05) is 23.9 Å². The minimum Gasteiger partial charge on any atom is -0.381 e. The molecule has 0 spiro atoms. The van der Waals surface area contributed by atoms with Crippen LogP contribution >= 0.6 is 0 Å². The van der Waals surface area contributed by atoms with Crippen LogP contribution in [0.15, 0.2) is 70.5 Å². The summed E-state index contributed by atoms with van der Waals surface area (Å²) < 4.78 is 88.1. The number of alkyl halides is 3. The maximum Gasteiger partial charge on any atom is 0.471 e. The molecule has 2 amide bonds. The number of ether oxygens (including phenoxy) is 1. The third kappa shape index (κ3) is 8.03. The number of sulfone groups is 1. The van der Waals surface area contributed by atoms with E-state index >= 15 is 0 Å². The van der Waals surface area contributed by atoms with Crippen LogP contribution in [-0.2, 0) is 19.4 Å². The number of rotatable bonds is 11. The molecule has 262 valence electrons. The zero-order valence-corrected chi connectivity index (χ0v) is 27.9. The van der Waals surface area contributed by atoms with Crippen molar-refractivity contribution in [2.45, 2.75) is 41.3 Å². The van der Waals surface area contributed by atoms with Gasteiger partial charge in [0.2, 0.25) is 9.84 Å². The molecule has 5 rings (SSSR count). The zero-order chi connectivity index (χ0) is 35.5. The zero-order valence-electron chi connectivity index (χ0n) is 27.1. The first-order chi connectivity index (χ1) is 23.2. The lowest BCUT2D eigenvalue weighted by Crippen LogP contribution is -2.50. The third-order valence-corrected chi connectivity index (χ3v) is 9.97. The number of nitrogens with zero attached hydrogens (tertiary/aromatic N) is 4. The van der Waals surface area contributed by atoms with Crippen molar-refractivity contribution in [3.05, 3.63) is 72.0 Å². The molecular formula is C33H36F4N6O5S. The van der Waals surface area contributed by atoms with E-state index < -0.39 is 39.7 Å². The first-order valence-corrected chi connectivity index (χ1v) is 16.9. The summed E-state index contributed by atoms with van der Waals surface area (Å²) in [6.45, 7) is 1.59. The summed E-state index contributed by atoms with van der Waals surface area (Å²) in [7, 11) is 1.45. The smallest absolute Gasteiger partial charge is 0.381 e. The van der Waals surface area contributed by atoms with Gasteiger partial charge in [0, 0.05) is 43.9 Å². The molecule has 2 N–H and O–H groups in total. The first kappa shape index (κ1) is 35.8. The average Bonchev–Trinajstić information content (AvgIpc) is 3.46. The summed E-state index contributed by atoms with van der Waals surface area (Å²) in [5, 5.41) is 9.56. The molecule has 4 aromatic rings. The van der Waals surface area contributed by atoms with Crippen LogP contribution in [0, 0.1) is 5.82 Å². The molecule has 49 heavy (non-hydrogen) atoms. The molecule has 1 saturated heterocycles. The van der Waals surface area contributed by atoms with Crippen molar-refractivity contribution in [3.63, 3.8) is 0 Å². The topological polar surface area (TPSA) is 128 Å². The number of hydrogen-bond acceptors (Lipinski definition) is 8. The molecular weight excluding hydrogens is 668 g/mol. The van der Waals surface area contributed by atoms with Crippen LogP contribution in [0.25, 0.3) is 10.9 Å². The third-order valence-electron chi connectivity index (χ3n) is 8.23. The molecule has 1 aliphatic rings. The van der Waals surface area contributed by atoms with Gasteiger partial charge in [0.25, 0.3) is 5.91 Å². The Morgan fingerprint density at radius 3 is 2.37 bits per heavy atom. The second-order valence-corrected chi connectivity index (χ2v) is 13.9. The number of amides is 2. The molecule has 0 atom stereocenters. The van der Waals surface area contributed by atoms with Crippen molar-refractivity contribution in [2.24, 2.45) is 0 Å². The summed E-state index contributed by atoms with van der Waals surface area (Å²) in [6, 6.07) is 11.9. The number of nitrogens with one attached hydrogen (secondary N) is 2. The largest absolute Gasteiger partial charge is 0.471 e. The quantitative estimate of drug-likeness (QED) is 0.203. The van der Waals surface area contributed by atoms with Crippen LogP contribution in [0.2, 0.25) is 0 Å². The number of carbonyl (C=O) groups excluding carboxylic acids is 2. The standard InChI is InChI=1S/C33H36F4N6O5S/c1-41(2)14-5-15-42(3)23-8-10-26(29(19-23)43(32(45)33(35,36)37)22-12-16-48-17-13-22)31(44)38-30-27-20-25(9-11-28(27)39-40-30)49(46,47)24-7-4-6-21(34)18-24/h4,6-11,18-20,22H,5,12-17H2,1-3H3,(H2,38,39,40,44). The Kier molecular flexibility index (Phi) is 10.6. The molecule has 1 aliphatic heterocycles. The highest BCUT2D eigenvalue weighted by Crippen LogP contribution is 2.35. The Bertz CT molecular complexity index is 1940. The fraction of sp³-hybridized carbons (Fsp3) is 0.364. The molecule has 1 fully saturated rings. The van der Waals surface area contributed by atoms with Gasteiger partial charge in [-0.2, -0.15) is 18.3 Å². The van der Waals surface area contributed by atoms with Crippen LogP contribution in [0.4, 0.5) is 34.8 Å². The fourth-order valence-corrected chi connectivity index (χ4v) is 6.97. The first-order valence-electron chi connectivity index (χ1n) is 15.4. The van der Waals surface area contributed by atoms with E-state index in [-0.39, 0.29) is 58.3 Å².